The Balaban J connectivity index is 2.26. The van der Waals surface area contributed by atoms with Gasteiger partial charge in [-0.05, 0) is 38.2 Å². The molecular formula is C14H18N2OS. The Morgan fingerprint density at radius 1 is 1.39 bits per heavy atom. The Labute approximate surface area is 113 Å². The first kappa shape index (κ1) is 13.3. The highest BCUT2D eigenvalue weighted by Crippen LogP contribution is 2.31. The highest BCUT2D eigenvalue weighted by atomic mass is 32.2. The van der Waals surface area contributed by atoms with Crippen molar-refractivity contribution in [3.05, 3.63) is 23.8 Å². The summed E-state index contributed by atoms with van der Waals surface area (Å²) in [6.45, 7) is 3.77. The molecule has 2 rings (SSSR count). The van der Waals surface area contributed by atoms with Crippen LogP contribution < -0.4 is 5.32 Å². The summed E-state index contributed by atoms with van der Waals surface area (Å²) >= 11 is 1.61. The normalized spacial score (nSPS) is 18.1. The van der Waals surface area contributed by atoms with Crippen LogP contribution in [-0.4, -0.2) is 25.0 Å². The zero-order chi connectivity index (χ0) is 13.0. The second-order valence-corrected chi connectivity index (χ2v) is 5.64. The van der Waals surface area contributed by atoms with Crippen LogP contribution in [0.25, 0.3) is 0 Å². The largest absolute Gasteiger partial charge is 0.381 e. The van der Waals surface area contributed by atoms with Crippen LogP contribution >= 0.6 is 11.8 Å². The minimum Gasteiger partial charge on any atom is -0.381 e. The maximum atomic E-state index is 9.32. The van der Waals surface area contributed by atoms with Gasteiger partial charge in [-0.1, -0.05) is 6.07 Å². The van der Waals surface area contributed by atoms with Gasteiger partial charge < -0.3 is 10.1 Å². The van der Waals surface area contributed by atoms with Gasteiger partial charge in [-0.15, -0.1) is 11.8 Å². The molecule has 0 saturated carbocycles. The fourth-order valence-electron chi connectivity index (χ4n) is 2.19. The lowest BCUT2D eigenvalue weighted by Crippen LogP contribution is -2.40. The fourth-order valence-corrected chi connectivity index (χ4v) is 2.77. The molecule has 0 aliphatic carbocycles. The number of hydrogen-bond acceptors (Lipinski definition) is 4. The SMILES string of the molecule is CSc1cccc(NC2(C)CCOCC2)c1C#N. The van der Waals surface area contributed by atoms with Crippen LogP contribution in [-0.2, 0) is 4.74 Å². The van der Waals surface area contributed by atoms with Crippen molar-refractivity contribution in [1.82, 2.24) is 0 Å². The molecule has 1 fully saturated rings. The Morgan fingerprint density at radius 2 is 2.11 bits per heavy atom. The number of benzene rings is 1. The van der Waals surface area contributed by atoms with E-state index >= 15 is 0 Å². The summed E-state index contributed by atoms with van der Waals surface area (Å²) in [5.74, 6) is 0. The zero-order valence-corrected chi connectivity index (χ0v) is 11.6. The van der Waals surface area contributed by atoms with E-state index in [9.17, 15) is 5.26 Å². The van der Waals surface area contributed by atoms with E-state index in [1.54, 1.807) is 11.8 Å². The summed E-state index contributed by atoms with van der Waals surface area (Å²) in [7, 11) is 0. The summed E-state index contributed by atoms with van der Waals surface area (Å²) in [6, 6.07) is 8.28. The van der Waals surface area contributed by atoms with Crippen molar-refractivity contribution in [2.75, 3.05) is 24.8 Å². The topological polar surface area (TPSA) is 45.0 Å². The van der Waals surface area contributed by atoms with Crippen LogP contribution in [0.1, 0.15) is 25.3 Å². The van der Waals surface area contributed by atoms with Crippen molar-refractivity contribution in [2.45, 2.75) is 30.2 Å². The molecule has 96 valence electrons. The predicted molar refractivity (Wildman–Crippen MR) is 75.0 cm³/mol. The molecule has 1 heterocycles. The van der Waals surface area contributed by atoms with E-state index in [2.05, 4.69) is 18.3 Å². The first-order chi connectivity index (χ1) is 8.68. The van der Waals surface area contributed by atoms with Gasteiger partial charge in [-0.25, -0.2) is 0 Å². The molecule has 18 heavy (non-hydrogen) atoms. The van der Waals surface area contributed by atoms with E-state index < -0.39 is 0 Å². The van der Waals surface area contributed by atoms with E-state index in [0.717, 1.165) is 42.2 Å². The van der Waals surface area contributed by atoms with E-state index in [4.69, 9.17) is 4.74 Å². The number of nitrogens with one attached hydrogen (secondary N) is 1. The summed E-state index contributed by atoms with van der Waals surface area (Å²) < 4.78 is 5.39. The van der Waals surface area contributed by atoms with Gasteiger partial charge in [-0.3, -0.25) is 0 Å². The molecule has 0 amide bonds. The monoisotopic (exact) mass is 262 g/mol. The van der Waals surface area contributed by atoms with Crippen molar-refractivity contribution >= 4 is 17.4 Å². The van der Waals surface area contributed by atoms with Crippen molar-refractivity contribution in [1.29, 1.82) is 5.26 Å². The lowest BCUT2D eigenvalue weighted by molar-refractivity contribution is 0.0658. The van der Waals surface area contributed by atoms with Gasteiger partial charge in [0.05, 0.1) is 11.3 Å². The molecule has 0 radical (unpaired) electrons. The van der Waals surface area contributed by atoms with Gasteiger partial charge in [0.2, 0.25) is 0 Å². The summed E-state index contributed by atoms with van der Waals surface area (Å²) in [6.07, 6.45) is 3.94. The Hall–Kier alpha value is -1.18. The molecule has 1 aliphatic heterocycles. The molecular weight excluding hydrogens is 244 g/mol. The van der Waals surface area contributed by atoms with Crippen LogP contribution in [0.4, 0.5) is 5.69 Å². The average Bonchev–Trinajstić information content (AvgIpc) is 2.38. The lowest BCUT2D eigenvalue weighted by Gasteiger charge is -2.35. The number of ether oxygens (including phenoxy) is 1. The first-order valence-corrected chi connectivity index (χ1v) is 7.34. The Morgan fingerprint density at radius 3 is 2.72 bits per heavy atom. The lowest BCUT2D eigenvalue weighted by atomic mass is 9.92. The number of thioether (sulfide) groups is 1. The quantitative estimate of drug-likeness (QED) is 0.849. The maximum absolute atomic E-state index is 9.32. The molecule has 0 aromatic heterocycles. The fraction of sp³-hybridized carbons (Fsp3) is 0.500. The molecule has 0 spiro atoms. The third-order valence-corrected chi connectivity index (χ3v) is 4.17. The van der Waals surface area contributed by atoms with Crippen LogP contribution in [0, 0.1) is 11.3 Å². The minimum atomic E-state index is 0.0287. The predicted octanol–water partition coefficient (Wildman–Crippen LogP) is 3.26. The molecule has 3 nitrogen and oxygen atoms in total. The number of nitriles is 1. The first-order valence-electron chi connectivity index (χ1n) is 6.11. The van der Waals surface area contributed by atoms with Crippen molar-refractivity contribution in [3.8, 4) is 6.07 Å². The smallest absolute Gasteiger partial charge is 0.102 e. The van der Waals surface area contributed by atoms with E-state index in [-0.39, 0.29) is 5.54 Å². The molecule has 0 atom stereocenters. The molecule has 0 unspecified atom stereocenters. The van der Waals surface area contributed by atoms with Crippen molar-refractivity contribution < 1.29 is 4.74 Å². The van der Waals surface area contributed by atoms with E-state index in [1.165, 1.54) is 0 Å². The number of anilines is 1. The van der Waals surface area contributed by atoms with Crippen LogP contribution in [0.5, 0.6) is 0 Å². The summed E-state index contributed by atoms with van der Waals surface area (Å²) in [4.78, 5) is 1.03. The Bertz CT molecular complexity index is 461. The molecule has 1 aliphatic rings. The molecule has 1 saturated heterocycles. The summed E-state index contributed by atoms with van der Waals surface area (Å²) in [5.41, 5.74) is 1.72. The molecule has 1 aromatic rings. The maximum Gasteiger partial charge on any atom is 0.102 e. The molecule has 1 aromatic carbocycles. The number of rotatable bonds is 3. The van der Waals surface area contributed by atoms with Gasteiger partial charge in [0, 0.05) is 23.6 Å². The van der Waals surface area contributed by atoms with E-state index in [0.29, 0.717) is 0 Å². The number of nitrogens with zero attached hydrogens (tertiary/aromatic N) is 1. The molecule has 1 N–H and O–H groups in total. The Kier molecular flexibility index (Phi) is 4.15. The second-order valence-electron chi connectivity index (χ2n) is 4.79. The third-order valence-electron chi connectivity index (χ3n) is 3.39. The van der Waals surface area contributed by atoms with Crippen LogP contribution in [0.2, 0.25) is 0 Å². The van der Waals surface area contributed by atoms with E-state index in [1.807, 2.05) is 24.5 Å². The average molecular weight is 262 g/mol. The number of hydrogen-bond donors (Lipinski definition) is 1. The summed E-state index contributed by atoms with van der Waals surface area (Å²) in [5, 5.41) is 12.9. The van der Waals surface area contributed by atoms with Gasteiger partial charge in [0.1, 0.15) is 6.07 Å². The molecule has 4 heteroatoms. The second kappa shape index (κ2) is 5.64. The zero-order valence-electron chi connectivity index (χ0n) is 10.8. The van der Waals surface area contributed by atoms with Crippen molar-refractivity contribution in [2.24, 2.45) is 0 Å². The highest BCUT2D eigenvalue weighted by molar-refractivity contribution is 7.98. The van der Waals surface area contributed by atoms with Crippen LogP contribution in [0.15, 0.2) is 23.1 Å². The van der Waals surface area contributed by atoms with Crippen molar-refractivity contribution in [3.63, 3.8) is 0 Å². The molecule has 0 bridgehead atoms. The van der Waals surface area contributed by atoms with Gasteiger partial charge >= 0.3 is 0 Å². The highest BCUT2D eigenvalue weighted by Gasteiger charge is 2.27. The van der Waals surface area contributed by atoms with Crippen LogP contribution in [0.3, 0.4) is 0 Å². The van der Waals surface area contributed by atoms with Gasteiger partial charge in [0.25, 0.3) is 0 Å². The van der Waals surface area contributed by atoms with Gasteiger partial charge in [-0.2, -0.15) is 5.26 Å². The third kappa shape index (κ3) is 2.80. The standard InChI is InChI=1S/C14H18N2OS/c1-14(6-8-17-9-7-14)16-12-4-3-5-13(18-2)11(12)10-15/h3-5,16H,6-9H2,1-2H3. The minimum absolute atomic E-state index is 0.0287. The van der Waals surface area contributed by atoms with Gasteiger partial charge in [0.15, 0.2) is 0 Å².